The Labute approximate surface area is 197 Å². The Morgan fingerprint density at radius 3 is 1.91 bits per heavy atom. The summed E-state index contributed by atoms with van der Waals surface area (Å²) in [6.45, 7) is 10.8. The summed E-state index contributed by atoms with van der Waals surface area (Å²) in [5, 5.41) is 5.90. The van der Waals surface area contributed by atoms with Gasteiger partial charge in [0.2, 0.25) is 5.91 Å². The van der Waals surface area contributed by atoms with Crippen LogP contribution in [0.4, 0.5) is 11.4 Å². The minimum atomic E-state index is -0.215. The maximum Gasteiger partial charge on any atom is 0.253 e. The molecule has 0 saturated heterocycles. The highest BCUT2D eigenvalue weighted by Gasteiger charge is 2.15. The molecule has 2 rings (SSSR count). The van der Waals surface area contributed by atoms with Gasteiger partial charge in [0, 0.05) is 48.7 Å². The number of hydrogen-bond donors (Lipinski definition) is 2. The monoisotopic (exact) mass is 452 g/mol. The van der Waals surface area contributed by atoms with Crippen molar-refractivity contribution in [3.8, 4) is 0 Å². The average Bonchev–Trinajstić information content (AvgIpc) is 2.83. The SMILES string of the molecule is CCCN(CCC)C(=O)c1cccc(NCC(=O)Nc2ccc(C(=O)N(CC)CC)cc2)c1. The predicted octanol–water partition coefficient (Wildman–Crippen LogP) is 4.48. The van der Waals surface area contributed by atoms with Crippen LogP contribution < -0.4 is 10.6 Å². The van der Waals surface area contributed by atoms with E-state index in [0.717, 1.165) is 25.9 Å². The minimum Gasteiger partial charge on any atom is -0.376 e. The largest absolute Gasteiger partial charge is 0.376 e. The molecule has 3 amide bonds. The van der Waals surface area contributed by atoms with Gasteiger partial charge >= 0.3 is 0 Å². The topological polar surface area (TPSA) is 81.8 Å². The third-order valence-electron chi connectivity index (χ3n) is 5.30. The Hall–Kier alpha value is -3.35. The Balaban J connectivity index is 1.94. The first-order valence-electron chi connectivity index (χ1n) is 11.8. The smallest absolute Gasteiger partial charge is 0.253 e. The number of amides is 3. The zero-order valence-electron chi connectivity index (χ0n) is 20.2. The lowest BCUT2D eigenvalue weighted by Crippen LogP contribution is -2.32. The molecular weight excluding hydrogens is 416 g/mol. The van der Waals surface area contributed by atoms with Gasteiger partial charge in [-0.05, 0) is 69.2 Å². The van der Waals surface area contributed by atoms with E-state index in [9.17, 15) is 14.4 Å². The van der Waals surface area contributed by atoms with Crippen LogP contribution in [0.5, 0.6) is 0 Å². The van der Waals surface area contributed by atoms with E-state index in [4.69, 9.17) is 0 Å². The first kappa shape index (κ1) is 25.9. The molecule has 2 aromatic carbocycles. The van der Waals surface area contributed by atoms with Crippen LogP contribution in [0.1, 0.15) is 61.3 Å². The number of carbonyl (C=O) groups is 3. The zero-order valence-corrected chi connectivity index (χ0v) is 20.2. The average molecular weight is 453 g/mol. The van der Waals surface area contributed by atoms with Gasteiger partial charge in [-0.3, -0.25) is 14.4 Å². The number of nitrogens with zero attached hydrogens (tertiary/aromatic N) is 2. The molecule has 0 aromatic heterocycles. The van der Waals surface area contributed by atoms with Crippen LogP contribution in [0.25, 0.3) is 0 Å². The molecule has 7 heteroatoms. The summed E-state index contributed by atoms with van der Waals surface area (Å²) in [7, 11) is 0. The molecule has 0 unspecified atom stereocenters. The van der Waals surface area contributed by atoms with Crippen molar-refractivity contribution in [3.63, 3.8) is 0 Å². The third kappa shape index (κ3) is 7.63. The van der Waals surface area contributed by atoms with Gasteiger partial charge in [-0.1, -0.05) is 19.9 Å². The molecule has 0 radical (unpaired) electrons. The lowest BCUT2D eigenvalue weighted by atomic mass is 10.1. The summed E-state index contributed by atoms with van der Waals surface area (Å²) in [6.07, 6.45) is 1.82. The van der Waals surface area contributed by atoms with Crippen LogP contribution in [0.15, 0.2) is 48.5 Å². The molecule has 0 aliphatic rings. The molecule has 0 saturated carbocycles. The van der Waals surface area contributed by atoms with Gasteiger partial charge in [-0.2, -0.15) is 0 Å². The summed E-state index contributed by atoms with van der Waals surface area (Å²) < 4.78 is 0. The zero-order chi connectivity index (χ0) is 24.2. The summed E-state index contributed by atoms with van der Waals surface area (Å²) in [5.41, 5.74) is 2.54. The van der Waals surface area contributed by atoms with E-state index in [0.29, 0.717) is 35.6 Å². The molecule has 0 spiro atoms. The second-order valence-corrected chi connectivity index (χ2v) is 7.83. The van der Waals surface area contributed by atoms with Gasteiger partial charge in [0.05, 0.1) is 6.54 Å². The van der Waals surface area contributed by atoms with Crippen molar-refractivity contribution in [3.05, 3.63) is 59.7 Å². The molecule has 2 aromatic rings. The number of nitrogens with one attached hydrogen (secondary N) is 2. The predicted molar refractivity (Wildman–Crippen MR) is 134 cm³/mol. The van der Waals surface area contributed by atoms with Crippen molar-refractivity contribution >= 4 is 29.1 Å². The maximum atomic E-state index is 12.8. The molecule has 0 aliphatic carbocycles. The molecule has 33 heavy (non-hydrogen) atoms. The van der Waals surface area contributed by atoms with Crippen LogP contribution in [0, 0.1) is 0 Å². The Morgan fingerprint density at radius 2 is 1.33 bits per heavy atom. The quantitative estimate of drug-likeness (QED) is 0.497. The summed E-state index contributed by atoms with van der Waals surface area (Å²) in [6, 6.07) is 14.1. The highest BCUT2D eigenvalue weighted by molar-refractivity contribution is 5.97. The van der Waals surface area contributed by atoms with E-state index in [1.54, 1.807) is 41.3 Å². The fourth-order valence-corrected chi connectivity index (χ4v) is 3.58. The molecule has 0 fully saturated rings. The lowest BCUT2D eigenvalue weighted by Gasteiger charge is -2.21. The van der Waals surface area contributed by atoms with Crippen LogP contribution in [0.3, 0.4) is 0 Å². The number of hydrogen-bond acceptors (Lipinski definition) is 4. The van der Waals surface area contributed by atoms with Crippen LogP contribution >= 0.6 is 0 Å². The standard InChI is InChI=1S/C26H36N4O3/c1-5-16-30(17-6-2)26(33)21-10-9-11-23(18-21)27-19-24(31)28-22-14-12-20(13-15-22)25(32)29(7-3)8-4/h9-15,18,27H,5-8,16-17,19H2,1-4H3,(H,28,31). The van der Waals surface area contributed by atoms with E-state index in [1.165, 1.54) is 0 Å². The van der Waals surface area contributed by atoms with Gasteiger partial charge in [0.15, 0.2) is 0 Å². The van der Waals surface area contributed by atoms with E-state index in [2.05, 4.69) is 24.5 Å². The van der Waals surface area contributed by atoms with Gasteiger partial charge in [0.25, 0.3) is 11.8 Å². The Morgan fingerprint density at radius 1 is 0.727 bits per heavy atom. The molecule has 178 valence electrons. The van der Waals surface area contributed by atoms with E-state index >= 15 is 0 Å². The Kier molecular flexibility index (Phi) is 10.4. The molecule has 0 heterocycles. The number of carbonyl (C=O) groups excluding carboxylic acids is 3. The summed E-state index contributed by atoms with van der Waals surface area (Å²) in [5.74, 6) is -0.232. The van der Waals surface area contributed by atoms with Gasteiger partial charge in [-0.25, -0.2) is 0 Å². The van der Waals surface area contributed by atoms with Crippen molar-refractivity contribution in [2.75, 3.05) is 43.4 Å². The van der Waals surface area contributed by atoms with Gasteiger partial charge < -0.3 is 20.4 Å². The van der Waals surface area contributed by atoms with Gasteiger partial charge in [0.1, 0.15) is 0 Å². The first-order chi connectivity index (χ1) is 15.9. The fraction of sp³-hybridized carbons (Fsp3) is 0.423. The third-order valence-corrected chi connectivity index (χ3v) is 5.30. The van der Waals surface area contributed by atoms with Crippen molar-refractivity contribution in [1.29, 1.82) is 0 Å². The van der Waals surface area contributed by atoms with E-state index < -0.39 is 0 Å². The second kappa shape index (κ2) is 13.3. The minimum absolute atomic E-state index is 0.00569. The molecule has 0 aliphatic heterocycles. The molecular formula is C26H36N4O3. The van der Waals surface area contributed by atoms with Crippen LogP contribution in [0.2, 0.25) is 0 Å². The van der Waals surface area contributed by atoms with Crippen molar-refractivity contribution in [2.24, 2.45) is 0 Å². The summed E-state index contributed by atoms with van der Waals surface area (Å²) in [4.78, 5) is 41.2. The van der Waals surface area contributed by atoms with Crippen molar-refractivity contribution in [2.45, 2.75) is 40.5 Å². The van der Waals surface area contributed by atoms with Crippen LogP contribution in [-0.2, 0) is 4.79 Å². The molecule has 2 N–H and O–H groups in total. The van der Waals surface area contributed by atoms with Crippen LogP contribution in [-0.4, -0.2) is 60.2 Å². The fourth-order valence-electron chi connectivity index (χ4n) is 3.58. The van der Waals surface area contributed by atoms with E-state index in [-0.39, 0.29) is 24.3 Å². The number of benzene rings is 2. The summed E-state index contributed by atoms with van der Waals surface area (Å²) >= 11 is 0. The van der Waals surface area contributed by atoms with Crippen molar-refractivity contribution < 1.29 is 14.4 Å². The highest BCUT2D eigenvalue weighted by Crippen LogP contribution is 2.15. The normalized spacial score (nSPS) is 10.4. The number of rotatable bonds is 12. The maximum absolute atomic E-state index is 12.8. The van der Waals surface area contributed by atoms with Crippen molar-refractivity contribution in [1.82, 2.24) is 9.80 Å². The van der Waals surface area contributed by atoms with E-state index in [1.807, 2.05) is 30.9 Å². The first-order valence-corrected chi connectivity index (χ1v) is 11.8. The molecule has 7 nitrogen and oxygen atoms in total. The lowest BCUT2D eigenvalue weighted by molar-refractivity contribution is -0.114. The van der Waals surface area contributed by atoms with Gasteiger partial charge in [-0.15, -0.1) is 0 Å². The molecule has 0 bridgehead atoms. The Bertz CT molecular complexity index is 917. The highest BCUT2D eigenvalue weighted by atomic mass is 16.2. The molecule has 0 atom stereocenters. The second-order valence-electron chi connectivity index (χ2n) is 7.83. The number of anilines is 2.